The number of rotatable bonds is 7. The van der Waals surface area contributed by atoms with Crippen molar-refractivity contribution in [2.24, 2.45) is 0 Å². The SMILES string of the molecule is Cc1cccc(NC(=O)CCC(=O)OCC(=O)c2ccc(Br)cc2)c1. The van der Waals surface area contributed by atoms with E-state index < -0.39 is 5.97 Å². The number of halogens is 1. The smallest absolute Gasteiger partial charge is 0.306 e. The van der Waals surface area contributed by atoms with Crippen LogP contribution in [0.2, 0.25) is 0 Å². The maximum absolute atomic E-state index is 11.9. The molecule has 0 radical (unpaired) electrons. The molecular formula is C19H18BrNO4. The fraction of sp³-hybridized carbons (Fsp3) is 0.211. The number of carbonyl (C=O) groups is 3. The number of ketones is 1. The zero-order chi connectivity index (χ0) is 18.2. The van der Waals surface area contributed by atoms with Gasteiger partial charge in [-0.2, -0.15) is 0 Å². The number of esters is 1. The molecule has 0 aliphatic rings. The average Bonchev–Trinajstić information content (AvgIpc) is 2.58. The van der Waals surface area contributed by atoms with Crippen molar-refractivity contribution in [2.75, 3.05) is 11.9 Å². The Kier molecular flexibility index (Phi) is 6.89. The lowest BCUT2D eigenvalue weighted by molar-refractivity contribution is -0.143. The first kappa shape index (κ1) is 18.9. The standard InChI is InChI=1S/C19H18BrNO4/c1-13-3-2-4-16(11-13)21-18(23)9-10-19(24)25-12-17(22)14-5-7-15(20)8-6-14/h2-8,11H,9-10,12H2,1H3,(H,21,23). The molecule has 1 amide bonds. The Hall–Kier alpha value is -2.47. The number of hydrogen-bond donors (Lipinski definition) is 1. The molecule has 0 saturated heterocycles. The molecular weight excluding hydrogens is 386 g/mol. The van der Waals surface area contributed by atoms with Crippen LogP contribution >= 0.6 is 15.9 Å². The molecule has 0 saturated carbocycles. The summed E-state index contributed by atoms with van der Waals surface area (Å²) in [5.41, 5.74) is 2.18. The van der Waals surface area contributed by atoms with Crippen LogP contribution in [-0.4, -0.2) is 24.3 Å². The second-order valence-electron chi connectivity index (χ2n) is 5.51. The van der Waals surface area contributed by atoms with Crippen molar-refractivity contribution in [3.8, 4) is 0 Å². The van der Waals surface area contributed by atoms with Crippen LogP contribution in [0.15, 0.2) is 53.0 Å². The van der Waals surface area contributed by atoms with Gasteiger partial charge in [0.25, 0.3) is 0 Å². The lowest BCUT2D eigenvalue weighted by atomic mass is 10.1. The molecule has 0 fully saturated rings. The molecule has 0 atom stereocenters. The number of ether oxygens (including phenoxy) is 1. The van der Waals surface area contributed by atoms with E-state index >= 15 is 0 Å². The second kappa shape index (κ2) is 9.13. The molecule has 2 aromatic rings. The Labute approximate surface area is 154 Å². The molecule has 130 valence electrons. The first-order chi connectivity index (χ1) is 11.9. The highest BCUT2D eigenvalue weighted by molar-refractivity contribution is 9.10. The molecule has 0 aromatic heterocycles. The summed E-state index contributed by atoms with van der Waals surface area (Å²) >= 11 is 3.28. The van der Waals surface area contributed by atoms with Gasteiger partial charge in [0.1, 0.15) is 0 Å². The third-order valence-electron chi connectivity index (χ3n) is 3.39. The minimum Gasteiger partial charge on any atom is -0.457 e. The highest BCUT2D eigenvalue weighted by Gasteiger charge is 2.12. The molecule has 6 heteroatoms. The van der Waals surface area contributed by atoms with Crippen molar-refractivity contribution >= 4 is 39.3 Å². The third kappa shape index (κ3) is 6.51. The van der Waals surface area contributed by atoms with Gasteiger partial charge in [0, 0.05) is 22.1 Å². The maximum atomic E-state index is 11.9. The Balaban J connectivity index is 1.72. The fourth-order valence-electron chi connectivity index (χ4n) is 2.10. The zero-order valence-corrected chi connectivity index (χ0v) is 15.3. The van der Waals surface area contributed by atoms with Gasteiger partial charge in [-0.25, -0.2) is 0 Å². The summed E-state index contributed by atoms with van der Waals surface area (Å²) in [5.74, 6) is -1.14. The summed E-state index contributed by atoms with van der Waals surface area (Å²) in [6.45, 7) is 1.59. The highest BCUT2D eigenvalue weighted by Crippen LogP contribution is 2.12. The number of amides is 1. The second-order valence-corrected chi connectivity index (χ2v) is 6.42. The van der Waals surface area contributed by atoms with Gasteiger partial charge in [0.15, 0.2) is 12.4 Å². The summed E-state index contributed by atoms with van der Waals surface area (Å²) in [7, 11) is 0. The number of aryl methyl sites for hydroxylation is 1. The maximum Gasteiger partial charge on any atom is 0.306 e. The molecule has 0 heterocycles. The van der Waals surface area contributed by atoms with Crippen molar-refractivity contribution in [1.82, 2.24) is 0 Å². The predicted molar refractivity (Wildman–Crippen MR) is 98.5 cm³/mol. The molecule has 5 nitrogen and oxygen atoms in total. The molecule has 0 aliphatic heterocycles. The molecule has 2 aromatic carbocycles. The lowest BCUT2D eigenvalue weighted by Gasteiger charge is -2.07. The monoisotopic (exact) mass is 403 g/mol. The first-order valence-electron chi connectivity index (χ1n) is 7.75. The Bertz CT molecular complexity index is 771. The van der Waals surface area contributed by atoms with Crippen molar-refractivity contribution in [3.63, 3.8) is 0 Å². The number of anilines is 1. The van der Waals surface area contributed by atoms with E-state index in [1.54, 1.807) is 30.3 Å². The van der Waals surface area contributed by atoms with E-state index in [1.165, 1.54) is 0 Å². The van der Waals surface area contributed by atoms with E-state index in [0.717, 1.165) is 10.0 Å². The summed E-state index contributed by atoms with van der Waals surface area (Å²) in [5, 5.41) is 2.72. The molecule has 0 bridgehead atoms. The van der Waals surface area contributed by atoms with Crippen molar-refractivity contribution in [1.29, 1.82) is 0 Å². The Morgan fingerprint density at radius 1 is 1.04 bits per heavy atom. The number of benzene rings is 2. The third-order valence-corrected chi connectivity index (χ3v) is 3.92. The van der Waals surface area contributed by atoms with Crippen LogP contribution in [0.25, 0.3) is 0 Å². The number of carbonyl (C=O) groups excluding carboxylic acids is 3. The molecule has 1 N–H and O–H groups in total. The van der Waals surface area contributed by atoms with Crippen molar-refractivity contribution < 1.29 is 19.1 Å². The van der Waals surface area contributed by atoms with Gasteiger partial charge < -0.3 is 10.1 Å². The van der Waals surface area contributed by atoms with Crippen molar-refractivity contribution in [3.05, 3.63) is 64.1 Å². The van der Waals surface area contributed by atoms with Gasteiger partial charge in [0.05, 0.1) is 6.42 Å². The van der Waals surface area contributed by atoms with Gasteiger partial charge in [-0.05, 0) is 36.8 Å². The Morgan fingerprint density at radius 3 is 2.44 bits per heavy atom. The van der Waals surface area contributed by atoms with E-state index in [4.69, 9.17) is 4.74 Å². The molecule has 0 spiro atoms. The van der Waals surface area contributed by atoms with E-state index in [-0.39, 0.29) is 31.1 Å². The van der Waals surface area contributed by atoms with Gasteiger partial charge in [0.2, 0.25) is 5.91 Å². The summed E-state index contributed by atoms with van der Waals surface area (Å²) in [6.07, 6.45) is -0.0789. The molecule has 25 heavy (non-hydrogen) atoms. The van der Waals surface area contributed by atoms with Crippen molar-refractivity contribution in [2.45, 2.75) is 19.8 Å². The predicted octanol–water partition coefficient (Wildman–Crippen LogP) is 3.90. The van der Waals surface area contributed by atoms with Gasteiger partial charge in [-0.1, -0.05) is 40.2 Å². The number of hydrogen-bond acceptors (Lipinski definition) is 4. The van der Waals surface area contributed by atoms with Gasteiger partial charge in [-0.15, -0.1) is 0 Å². The molecule has 2 rings (SSSR count). The van der Waals surface area contributed by atoms with Gasteiger partial charge in [-0.3, -0.25) is 14.4 Å². The zero-order valence-electron chi connectivity index (χ0n) is 13.8. The average molecular weight is 404 g/mol. The van der Waals surface area contributed by atoms with Crippen LogP contribution in [0, 0.1) is 6.92 Å². The van der Waals surface area contributed by atoms with Crippen LogP contribution < -0.4 is 5.32 Å². The highest BCUT2D eigenvalue weighted by atomic mass is 79.9. The fourth-order valence-corrected chi connectivity index (χ4v) is 2.36. The van der Waals surface area contributed by atoms with Crippen LogP contribution in [0.1, 0.15) is 28.8 Å². The van der Waals surface area contributed by atoms with E-state index in [1.807, 2.05) is 25.1 Å². The summed E-state index contributed by atoms with van der Waals surface area (Å²) in [4.78, 5) is 35.4. The first-order valence-corrected chi connectivity index (χ1v) is 8.54. The summed E-state index contributed by atoms with van der Waals surface area (Å²) in [6, 6.07) is 14.2. The normalized spacial score (nSPS) is 10.2. The Morgan fingerprint density at radius 2 is 1.76 bits per heavy atom. The van der Waals surface area contributed by atoms with E-state index in [2.05, 4.69) is 21.2 Å². The number of Topliss-reactive ketones (excluding diaryl/α,β-unsaturated/α-hetero) is 1. The molecule has 0 aliphatic carbocycles. The minimum absolute atomic E-state index is 0.000745. The number of nitrogens with one attached hydrogen (secondary N) is 1. The van der Waals surface area contributed by atoms with E-state index in [0.29, 0.717) is 11.3 Å². The molecule has 0 unspecified atom stereocenters. The van der Waals surface area contributed by atoms with Crippen LogP contribution in [0.5, 0.6) is 0 Å². The van der Waals surface area contributed by atoms with E-state index in [9.17, 15) is 14.4 Å². The minimum atomic E-state index is -0.579. The van der Waals surface area contributed by atoms with Crippen LogP contribution in [0.4, 0.5) is 5.69 Å². The topological polar surface area (TPSA) is 72.5 Å². The van der Waals surface area contributed by atoms with Gasteiger partial charge >= 0.3 is 5.97 Å². The quantitative estimate of drug-likeness (QED) is 0.561. The van der Waals surface area contributed by atoms with Crippen LogP contribution in [-0.2, 0) is 14.3 Å². The largest absolute Gasteiger partial charge is 0.457 e. The summed E-state index contributed by atoms with van der Waals surface area (Å²) < 4.78 is 5.79. The lowest BCUT2D eigenvalue weighted by Crippen LogP contribution is -2.17. The van der Waals surface area contributed by atoms with Crippen LogP contribution in [0.3, 0.4) is 0 Å².